The number of aryl methyl sites for hydroxylation is 1. The quantitative estimate of drug-likeness (QED) is 0.743. The van der Waals surface area contributed by atoms with Crippen molar-refractivity contribution in [2.75, 3.05) is 19.6 Å². The Morgan fingerprint density at radius 1 is 1.67 bits per heavy atom. The number of H-pyrrole nitrogens is 1. The molecule has 1 saturated heterocycles. The van der Waals surface area contributed by atoms with Crippen LogP contribution >= 0.6 is 0 Å². The summed E-state index contributed by atoms with van der Waals surface area (Å²) in [4.78, 5) is 14.0. The number of likely N-dealkylation sites (N-methyl/N-ethyl adjacent to an activating group) is 1. The lowest BCUT2D eigenvalue weighted by molar-refractivity contribution is 0.0629. The number of rotatable bonds is 3. The maximum absolute atomic E-state index is 12.1. The van der Waals surface area contributed by atoms with Crippen LogP contribution in [0.15, 0.2) is 6.20 Å². The van der Waals surface area contributed by atoms with Crippen LogP contribution in [0.25, 0.3) is 0 Å². The van der Waals surface area contributed by atoms with Crippen molar-refractivity contribution >= 4 is 5.91 Å². The van der Waals surface area contributed by atoms with Gasteiger partial charge in [-0.3, -0.25) is 9.89 Å². The molecule has 2 rings (SSSR count). The SMILES string of the molecule is CCN(C(=O)c1cn[nH]c1C)C1CNC1. The minimum atomic E-state index is 0.0789. The van der Waals surface area contributed by atoms with E-state index >= 15 is 0 Å². The lowest BCUT2D eigenvalue weighted by Crippen LogP contribution is -2.58. The molecule has 15 heavy (non-hydrogen) atoms. The van der Waals surface area contributed by atoms with Gasteiger partial charge in [0, 0.05) is 25.3 Å². The molecular weight excluding hydrogens is 192 g/mol. The molecule has 2 N–H and O–H groups in total. The number of aromatic nitrogens is 2. The summed E-state index contributed by atoms with van der Waals surface area (Å²) in [6.45, 7) is 6.42. The van der Waals surface area contributed by atoms with E-state index in [-0.39, 0.29) is 5.91 Å². The summed E-state index contributed by atoms with van der Waals surface area (Å²) in [5.74, 6) is 0.0789. The molecule has 0 radical (unpaired) electrons. The lowest BCUT2D eigenvalue weighted by atomic mass is 10.1. The molecule has 1 aliphatic heterocycles. The van der Waals surface area contributed by atoms with Gasteiger partial charge in [0.25, 0.3) is 5.91 Å². The fourth-order valence-corrected chi connectivity index (χ4v) is 1.78. The van der Waals surface area contributed by atoms with Gasteiger partial charge in [0.05, 0.1) is 17.8 Å². The highest BCUT2D eigenvalue weighted by atomic mass is 16.2. The van der Waals surface area contributed by atoms with Crippen molar-refractivity contribution in [2.24, 2.45) is 0 Å². The predicted molar refractivity (Wildman–Crippen MR) is 56.7 cm³/mol. The number of carbonyl (C=O) groups is 1. The number of aromatic amines is 1. The second-order valence-electron chi connectivity index (χ2n) is 3.81. The second kappa shape index (κ2) is 4.02. The number of hydrogen-bond donors (Lipinski definition) is 2. The van der Waals surface area contributed by atoms with E-state index in [0.717, 1.165) is 25.3 Å². The van der Waals surface area contributed by atoms with Crippen molar-refractivity contribution in [3.05, 3.63) is 17.5 Å². The van der Waals surface area contributed by atoms with Gasteiger partial charge in [-0.1, -0.05) is 0 Å². The van der Waals surface area contributed by atoms with E-state index in [0.29, 0.717) is 11.6 Å². The Bertz CT molecular complexity index is 356. The summed E-state index contributed by atoms with van der Waals surface area (Å²) in [6.07, 6.45) is 1.60. The van der Waals surface area contributed by atoms with Gasteiger partial charge in [0.2, 0.25) is 0 Å². The van der Waals surface area contributed by atoms with Gasteiger partial charge in [-0.05, 0) is 13.8 Å². The molecule has 5 heteroatoms. The molecule has 1 amide bonds. The third-order valence-electron chi connectivity index (χ3n) is 2.86. The number of carbonyl (C=O) groups excluding carboxylic acids is 1. The zero-order valence-electron chi connectivity index (χ0n) is 9.08. The van der Waals surface area contributed by atoms with Crippen molar-refractivity contribution in [1.82, 2.24) is 20.4 Å². The van der Waals surface area contributed by atoms with Crippen molar-refractivity contribution in [3.8, 4) is 0 Å². The van der Waals surface area contributed by atoms with Crippen LogP contribution in [0.3, 0.4) is 0 Å². The van der Waals surface area contributed by atoms with E-state index in [1.54, 1.807) is 6.20 Å². The molecular formula is C10H16N4O. The topological polar surface area (TPSA) is 61.0 Å². The number of hydrogen-bond acceptors (Lipinski definition) is 3. The molecule has 1 aromatic heterocycles. The summed E-state index contributed by atoms with van der Waals surface area (Å²) in [7, 11) is 0. The first-order valence-electron chi connectivity index (χ1n) is 5.25. The van der Waals surface area contributed by atoms with Gasteiger partial charge in [0.15, 0.2) is 0 Å². The van der Waals surface area contributed by atoms with E-state index in [1.165, 1.54) is 0 Å². The average Bonchev–Trinajstić information content (AvgIpc) is 2.56. The summed E-state index contributed by atoms with van der Waals surface area (Å²) in [5.41, 5.74) is 1.52. The van der Waals surface area contributed by atoms with Gasteiger partial charge >= 0.3 is 0 Å². The van der Waals surface area contributed by atoms with Crippen LogP contribution in [-0.4, -0.2) is 46.7 Å². The normalized spacial score (nSPS) is 16.1. The van der Waals surface area contributed by atoms with Crippen LogP contribution < -0.4 is 5.32 Å². The first kappa shape index (κ1) is 10.2. The summed E-state index contributed by atoms with van der Waals surface area (Å²) in [5, 5.41) is 9.84. The maximum atomic E-state index is 12.1. The van der Waals surface area contributed by atoms with Crippen molar-refractivity contribution in [1.29, 1.82) is 0 Å². The average molecular weight is 208 g/mol. The number of amides is 1. The Labute approximate surface area is 88.8 Å². The van der Waals surface area contributed by atoms with Crippen molar-refractivity contribution < 1.29 is 4.79 Å². The van der Waals surface area contributed by atoms with Gasteiger partial charge in [-0.25, -0.2) is 0 Å². The van der Waals surface area contributed by atoms with Crippen molar-refractivity contribution in [2.45, 2.75) is 19.9 Å². The third kappa shape index (κ3) is 1.74. The highest BCUT2D eigenvalue weighted by Gasteiger charge is 2.28. The van der Waals surface area contributed by atoms with Gasteiger partial charge < -0.3 is 10.2 Å². The predicted octanol–water partition coefficient (Wildman–Crippen LogP) is 0.152. The molecule has 5 nitrogen and oxygen atoms in total. The highest BCUT2D eigenvalue weighted by molar-refractivity contribution is 5.95. The van der Waals surface area contributed by atoms with Crippen LogP contribution in [0.1, 0.15) is 23.0 Å². The Morgan fingerprint density at radius 2 is 2.40 bits per heavy atom. The molecule has 0 spiro atoms. The van der Waals surface area contributed by atoms with Crippen LogP contribution in [0.5, 0.6) is 0 Å². The molecule has 2 heterocycles. The number of nitrogens with zero attached hydrogens (tertiary/aromatic N) is 2. The molecule has 1 fully saturated rings. The van der Waals surface area contributed by atoms with Gasteiger partial charge in [-0.2, -0.15) is 5.10 Å². The summed E-state index contributed by atoms with van der Waals surface area (Å²) >= 11 is 0. The molecule has 1 aromatic rings. The first-order chi connectivity index (χ1) is 7.24. The van der Waals surface area contributed by atoms with Crippen LogP contribution in [-0.2, 0) is 0 Å². The molecule has 1 aliphatic rings. The minimum Gasteiger partial charge on any atom is -0.333 e. The maximum Gasteiger partial charge on any atom is 0.257 e. The van der Waals surface area contributed by atoms with Crippen LogP contribution in [0.2, 0.25) is 0 Å². The Hall–Kier alpha value is -1.36. The number of nitrogens with one attached hydrogen (secondary N) is 2. The van der Waals surface area contributed by atoms with Gasteiger partial charge in [0.1, 0.15) is 0 Å². The van der Waals surface area contributed by atoms with E-state index < -0.39 is 0 Å². The second-order valence-corrected chi connectivity index (χ2v) is 3.81. The van der Waals surface area contributed by atoms with E-state index in [4.69, 9.17) is 0 Å². The Balaban J connectivity index is 2.14. The molecule has 0 bridgehead atoms. The fraction of sp³-hybridized carbons (Fsp3) is 0.600. The zero-order chi connectivity index (χ0) is 10.8. The zero-order valence-corrected chi connectivity index (χ0v) is 9.08. The van der Waals surface area contributed by atoms with E-state index in [9.17, 15) is 4.79 Å². The molecule has 82 valence electrons. The van der Waals surface area contributed by atoms with E-state index in [1.807, 2.05) is 18.7 Å². The summed E-state index contributed by atoms with van der Waals surface area (Å²) in [6, 6.07) is 0.344. The van der Waals surface area contributed by atoms with Crippen LogP contribution in [0.4, 0.5) is 0 Å². The van der Waals surface area contributed by atoms with Crippen molar-refractivity contribution in [3.63, 3.8) is 0 Å². The third-order valence-corrected chi connectivity index (χ3v) is 2.86. The smallest absolute Gasteiger partial charge is 0.257 e. The molecule has 0 atom stereocenters. The molecule has 0 aliphatic carbocycles. The van der Waals surface area contributed by atoms with E-state index in [2.05, 4.69) is 15.5 Å². The molecule has 0 unspecified atom stereocenters. The lowest BCUT2D eigenvalue weighted by Gasteiger charge is -2.37. The standard InChI is InChI=1S/C10H16N4O/c1-3-14(8-4-11-5-8)10(15)9-6-12-13-7(9)2/h6,8,11H,3-5H2,1-2H3,(H,12,13). The minimum absolute atomic E-state index is 0.0789. The molecule has 0 saturated carbocycles. The highest BCUT2D eigenvalue weighted by Crippen LogP contribution is 2.12. The monoisotopic (exact) mass is 208 g/mol. The largest absolute Gasteiger partial charge is 0.333 e. The van der Waals surface area contributed by atoms with Crippen LogP contribution in [0, 0.1) is 6.92 Å². The fourth-order valence-electron chi connectivity index (χ4n) is 1.78. The van der Waals surface area contributed by atoms with Gasteiger partial charge in [-0.15, -0.1) is 0 Å². The first-order valence-corrected chi connectivity index (χ1v) is 5.25. The Kier molecular flexibility index (Phi) is 2.73. The Morgan fingerprint density at radius 3 is 2.80 bits per heavy atom. The molecule has 0 aromatic carbocycles. The summed E-state index contributed by atoms with van der Waals surface area (Å²) < 4.78 is 0.